The first-order valence-corrected chi connectivity index (χ1v) is 9.77. The molecule has 2 amide bonds. The standard InChI is InChI=1S/C22H23F3N2O3/c23-22(24,25)19-9-5-4-8-18(19)21(29)27-13-10-16(11-14-27)26-20(28)12-15-30-17-6-2-1-3-7-17/h1-9,16H,10-15H2,(H,26,28). The van der Waals surface area contributed by atoms with Crippen LogP contribution in [-0.4, -0.2) is 42.5 Å². The Morgan fingerprint density at radius 1 is 1.00 bits per heavy atom. The van der Waals surface area contributed by atoms with E-state index in [1.54, 1.807) is 0 Å². The smallest absolute Gasteiger partial charge is 0.417 e. The highest BCUT2D eigenvalue weighted by Gasteiger charge is 2.36. The maximum absolute atomic E-state index is 13.2. The van der Waals surface area contributed by atoms with Crippen LogP contribution in [0.15, 0.2) is 54.6 Å². The summed E-state index contributed by atoms with van der Waals surface area (Å²) in [6.07, 6.45) is -3.40. The molecule has 0 spiro atoms. The lowest BCUT2D eigenvalue weighted by molar-refractivity contribution is -0.138. The van der Waals surface area contributed by atoms with Gasteiger partial charge in [0.05, 0.1) is 24.2 Å². The Hall–Kier alpha value is -3.03. The number of hydrogen-bond donors (Lipinski definition) is 1. The van der Waals surface area contributed by atoms with Crippen molar-refractivity contribution >= 4 is 11.8 Å². The van der Waals surface area contributed by atoms with Gasteiger partial charge in [-0.1, -0.05) is 30.3 Å². The number of likely N-dealkylation sites (tertiary alicyclic amines) is 1. The van der Waals surface area contributed by atoms with Gasteiger partial charge >= 0.3 is 6.18 Å². The average molecular weight is 420 g/mol. The zero-order chi connectivity index (χ0) is 21.6. The molecular formula is C22H23F3N2O3. The van der Waals surface area contributed by atoms with Crippen molar-refractivity contribution in [2.45, 2.75) is 31.5 Å². The Balaban J connectivity index is 1.46. The fourth-order valence-corrected chi connectivity index (χ4v) is 3.39. The Labute approximate surface area is 172 Å². The highest BCUT2D eigenvalue weighted by molar-refractivity contribution is 5.96. The molecule has 2 aromatic rings. The lowest BCUT2D eigenvalue weighted by atomic mass is 10.0. The van der Waals surface area contributed by atoms with Crippen molar-refractivity contribution in [2.24, 2.45) is 0 Å². The minimum atomic E-state index is -4.58. The van der Waals surface area contributed by atoms with Crippen LogP contribution in [0.4, 0.5) is 13.2 Å². The minimum Gasteiger partial charge on any atom is -0.493 e. The minimum absolute atomic E-state index is 0.115. The van der Waals surface area contributed by atoms with Gasteiger partial charge in [-0.3, -0.25) is 9.59 Å². The molecule has 0 aromatic heterocycles. The fraction of sp³-hybridized carbons (Fsp3) is 0.364. The number of para-hydroxylation sites is 1. The number of rotatable bonds is 6. The zero-order valence-electron chi connectivity index (χ0n) is 16.3. The van der Waals surface area contributed by atoms with E-state index < -0.39 is 17.6 Å². The van der Waals surface area contributed by atoms with E-state index in [0.29, 0.717) is 18.6 Å². The third kappa shape index (κ3) is 5.75. The molecule has 3 rings (SSSR count). The number of hydrogen-bond acceptors (Lipinski definition) is 3. The van der Waals surface area contributed by atoms with E-state index >= 15 is 0 Å². The van der Waals surface area contributed by atoms with E-state index in [9.17, 15) is 22.8 Å². The molecule has 0 saturated carbocycles. The number of nitrogens with zero attached hydrogens (tertiary/aromatic N) is 1. The number of nitrogens with one attached hydrogen (secondary N) is 1. The van der Waals surface area contributed by atoms with Crippen molar-refractivity contribution in [1.82, 2.24) is 10.2 Å². The van der Waals surface area contributed by atoms with Crippen LogP contribution < -0.4 is 10.1 Å². The maximum atomic E-state index is 13.2. The molecule has 5 nitrogen and oxygen atoms in total. The monoisotopic (exact) mass is 420 g/mol. The van der Waals surface area contributed by atoms with Crippen molar-refractivity contribution in [3.8, 4) is 5.75 Å². The molecule has 1 saturated heterocycles. The lowest BCUT2D eigenvalue weighted by Gasteiger charge is -2.33. The Morgan fingerprint density at radius 2 is 1.63 bits per heavy atom. The van der Waals surface area contributed by atoms with Crippen molar-refractivity contribution in [3.63, 3.8) is 0 Å². The van der Waals surface area contributed by atoms with Gasteiger partial charge in [0.15, 0.2) is 0 Å². The van der Waals surface area contributed by atoms with Gasteiger partial charge < -0.3 is 15.0 Å². The number of carbonyl (C=O) groups is 2. The summed E-state index contributed by atoms with van der Waals surface area (Å²) < 4.78 is 45.0. The number of piperidine rings is 1. The van der Waals surface area contributed by atoms with Crippen molar-refractivity contribution in [2.75, 3.05) is 19.7 Å². The second kappa shape index (κ2) is 9.65. The highest BCUT2D eigenvalue weighted by atomic mass is 19.4. The third-order valence-corrected chi connectivity index (χ3v) is 4.95. The third-order valence-electron chi connectivity index (χ3n) is 4.95. The van der Waals surface area contributed by atoms with E-state index in [-0.39, 0.29) is 43.6 Å². The molecule has 0 aliphatic carbocycles. The number of benzene rings is 2. The van der Waals surface area contributed by atoms with E-state index in [4.69, 9.17) is 4.74 Å². The summed E-state index contributed by atoms with van der Waals surface area (Å²) in [5.41, 5.74) is -1.27. The molecular weight excluding hydrogens is 397 g/mol. The molecule has 1 fully saturated rings. The normalized spacial score (nSPS) is 15.0. The first kappa shape index (κ1) is 21.7. The molecule has 1 aliphatic rings. The second-order valence-corrected chi connectivity index (χ2v) is 7.09. The molecule has 0 radical (unpaired) electrons. The van der Waals surface area contributed by atoms with Crippen molar-refractivity contribution in [1.29, 1.82) is 0 Å². The van der Waals surface area contributed by atoms with Crippen LogP contribution in [0, 0.1) is 0 Å². The average Bonchev–Trinajstić information content (AvgIpc) is 2.74. The van der Waals surface area contributed by atoms with Gasteiger partial charge in [-0.25, -0.2) is 0 Å². The molecule has 1 N–H and O–H groups in total. The zero-order valence-corrected chi connectivity index (χ0v) is 16.3. The van der Waals surface area contributed by atoms with Gasteiger partial charge in [0.2, 0.25) is 5.91 Å². The van der Waals surface area contributed by atoms with Crippen LogP contribution in [0.3, 0.4) is 0 Å². The van der Waals surface area contributed by atoms with Gasteiger partial charge in [0, 0.05) is 19.1 Å². The van der Waals surface area contributed by atoms with Gasteiger partial charge in [0.1, 0.15) is 5.75 Å². The molecule has 2 aromatic carbocycles. The molecule has 0 atom stereocenters. The predicted octanol–water partition coefficient (Wildman–Crippen LogP) is 3.90. The first-order chi connectivity index (χ1) is 14.3. The quantitative estimate of drug-likeness (QED) is 0.771. The molecule has 30 heavy (non-hydrogen) atoms. The number of carbonyl (C=O) groups excluding carboxylic acids is 2. The largest absolute Gasteiger partial charge is 0.493 e. The summed E-state index contributed by atoms with van der Waals surface area (Å²) in [5, 5.41) is 2.90. The summed E-state index contributed by atoms with van der Waals surface area (Å²) >= 11 is 0. The summed E-state index contributed by atoms with van der Waals surface area (Å²) in [6.45, 7) is 0.828. The van der Waals surface area contributed by atoms with Crippen LogP contribution in [0.5, 0.6) is 5.75 Å². The number of ether oxygens (including phenoxy) is 1. The highest BCUT2D eigenvalue weighted by Crippen LogP contribution is 2.32. The Morgan fingerprint density at radius 3 is 2.30 bits per heavy atom. The van der Waals surface area contributed by atoms with Crippen LogP contribution in [0.1, 0.15) is 35.2 Å². The maximum Gasteiger partial charge on any atom is 0.417 e. The number of amides is 2. The first-order valence-electron chi connectivity index (χ1n) is 9.77. The van der Waals surface area contributed by atoms with E-state index in [0.717, 1.165) is 6.07 Å². The molecule has 0 unspecified atom stereocenters. The van der Waals surface area contributed by atoms with Crippen molar-refractivity contribution < 1.29 is 27.5 Å². The van der Waals surface area contributed by atoms with Gasteiger partial charge in [0.25, 0.3) is 5.91 Å². The summed E-state index contributed by atoms with van der Waals surface area (Å²) in [6, 6.07) is 13.9. The predicted molar refractivity (Wildman–Crippen MR) is 105 cm³/mol. The molecule has 1 heterocycles. The summed E-state index contributed by atoms with van der Waals surface area (Å²) in [4.78, 5) is 26.1. The summed E-state index contributed by atoms with van der Waals surface area (Å²) in [7, 11) is 0. The van der Waals surface area contributed by atoms with Gasteiger partial charge in [-0.15, -0.1) is 0 Å². The molecule has 160 valence electrons. The Kier molecular flexibility index (Phi) is 6.97. The van der Waals surface area contributed by atoms with Crippen LogP contribution in [-0.2, 0) is 11.0 Å². The SMILES string of the molecule is O=C(CCOc1ccccc1)NC1CCN(C(=O)c2ccccc2C(F)(F)F)CC1. The Bertz CT molecular complexity index is 863. The lowest BCUT2D eigenvalue weighted by Crippen LogP contribution is -2.47. The molecule has 0 bridgehead atoms. The second-order valence-electron chi connectivity index (χ2n) is 7.09. The van der Waals surface area contributed by atoms with Crippen LogP contribution in [0.2, 0.25) is 0 Å². The molecule has 1 aliphatic heterocycles. The molecule has 8 heteroatoms. The van der Waals surface area contributed by atoms with Crippen LogP contribution >= 0.6 is 0 Å². The van der Waals surface area contributed by atoms with Gasteiger partial charge in [-0.05, 0) is 37.1 Å². The van der Waals surface area contributed by atoms with Crippen molar-refractivity contribution in [3.05, 3.63) is 65.7 Å². The number of halogens is 3. The van der Waals surface area contributed by atoms with Crippen LogP contribution in [0.25, 0.3) is 0 Å². The number of alkyl halides is 3. The van der Waals surface area contributed by atoms with E-state index in [1.807, 2.05) is 30.3 Å². The van der Waals surface area contributed by atoms with E-state index in [1.165, 1.54) is 23.1 Å². The van der Waals surface area contributed by atoms with E-state index in [2.05, 4.69) is 5.32 Å². The topological polar surface area (TPSA) is 58.6 Å². The summed E-state index contributed by atoms with van der Waals surface area (Å²) in [5.74, 6) is -0.0988. The fourth-order valence-electron chi connectivity index (χ4n) is 3.39. The van der Waals surface area contributed by atoms with Gasteiger partial charge in [-0.2, -0.15) is 13.2 Å².